The molecular formula is C14H21FN2O. The average molecular weight is 252 g/mol. The largest absolute Gasteiger partial charge is 0.380 e. The standard InChI is InChI=1S/C14H21FN2O/c1-10(17(2)13-7-8-18-9-13)14(16)11-3-5-12(15)6-4-11/h3-6,10,13-14H,7-9,16H2,1-2H3. The molecule has 18 heavy (non-hydrogen) atoms. The molecule has 1 aliphatic heterocycles. The normalized spacial score (nSPS) is 23.3. The number of likely N-dealkylation sites (N-methyl/N-ethyl adjacent to an activating group) is 1. The van der Waals surface area contributed by atoms with Gasteiger partial charge >= 0.3 is 0 Å². The van der Waals surface area contributed by atoms with Gasteiger partial charge in [-0.3, -0.25) is 4.90 Å². The summed E-state index contributed by atoms with van der Waals surface area (Å²) in [4.78, 5) is 2.26. The van der Waals surface area contributed by atoms with Crippen molar-refractivity contribution < 1.29 is 9.13 Å². The molecule has 1 aromatic rings. The Labute approximate surface area is 108 Å². The van der Waals surface area contributed by atoms with E-state index in [0.717, 1.165) is 25.2 Å². The average Bonchev–Trinajstić information content (AvgIpc) is 2.91. The molecule has 0 bridgehead atoms. The molecule has 0 saturated carbocycles. The van der Waals surface area contributed by atoms with E-state index in [4.69, 9.17) is 10.5 Å². The molecule has 0 amide bonds. The molecule has 0 aliphatic carbocycles. The molecular weight excluding hydrogens is 231 g/mol. The molecule has 2 N–H and O–H groups in total. The van der Waals surface area contributed by atoms with E-state index >= 15 is 0 Å². The van der Waals surface area contributed by atoms with Crippen LogP contribution in [0.2, 0.25) is 0 Å². The van der Waals surface area contributed by atoms with Crippen LogP contribution in [0.15, 0.2) is 24.3 Å². The SMILES string of the molecule is CC(C(N)c1ccc(F)cc1)N(C)C1CCOC1. The summed E-state index contributed by atoms with van der Waals surface area (Å²) in [5, 5.41) is 0. The first-order chi connectivity index (χ1) is 8.59. The minimum atomic E-state index is -0.226. The maximum atomic E-state index is 12.9. The van der Waals surface area contributed by atoms with E-state index in [1.807, 2.05) is 0 Å². The third-order valence-corrected chi connectivity index (χ3v) is 3.90. The molecule has 4 heteroatoms. The van der Waals surface area contributed by atoms with Gasteiger partial charge in [-0.25, -0.2) is 4.39 Å². The third-order valence-electron chi connectivity index (χ3n) is 3.90. The van der Waals surface area contributed by atoms with E-state index in [0.29, 0.717) is 6.04 Å². The van der Waals surface area contributed by atoms with Crippen LogP contribution in [0.5, 0.6) is 0 Å². The molecule has 0 spiro atoms. The lowest BCUT2D eigenvalue weighted by atomic mass is 9.99. The van der Waals surface area contributed by atoms with Crippen molar-refractivity contribution in [3.8, 4) is 0 Å². The van der Waals surface area contributed by atoms with E-state index < -0.39 is 0 Å². The number of benzene rings is 1. The van der Waals surface area contributed by atoms with Crippen molar-refractivity contribution in [2.24, 2.45) is 5.73 Å². The highest BCUT2D eigenvalue weighted by molar-refractivity contribution is 5.21. The monoisotopic (exact) mass is 252 g/mol. The van der Waals surface area contributed by atoms with E-state index in [1.165, 1.54) is 12.1 Å². The van der Waals surface area contributed by atoms with Crippen molar-refractivity contribution in [3.05, 3.63) is 35.6 Å². The van der Waals surface area contributed by atoms with Crippen molar-refractivity contribution >= 4 is 0 Å². The van der Waals surface area contributed by atoms with E-state index in [2.05, 4.69) is 18.9 Å². The second-order valence-electron chi connectivity index (χ2n) is 5.00. The first-order valence-electron chi connectivity index (χ1n) is 6.40. The van der Waals surface area contributed by atoms with Gasteiger partial charge in [0.25, 0.3) is 0 Å². The highest BCUT2D eigenvalue weighted by atomic mass is 19.1. The minimum absolute atomic E-state index is 0.115. The van der Waals surface area contributed by atoms with Crippen molar-refractivity contribution in [1.29, 1.82) is 0 Å². The maximum absolute atomic E-state index is 12.9. The van der Waals surface area contributed by atoms with Crippen molar-refractivity contribution in [2.45, 2.75) is 31.5 Å². The summed E-state index contributed by atoms with van der Waals surface area (Å²) in [6.07, 6.45) is 1.05. The molecule has 0 radical (unpaired) electrons. The van der Waals surface area contributed by atoms with Gasteiger partial charge in [0.1, 0.15) is 5.82 Å². The van der Waals surface area contributed by atoms with Crippen LogP contribution in [0.3, 0.4) is 0 Å². The van der Waals surface area contributed by atoms with Crippen LogP contribution in [0, 0.1) is 5.82 Å². The summed E-state index contributed by atoms with van der Waals surface area (Å²) in [7, 11) is 2.08. The Morgan fingerprint density at radius 3 is 2.61 bits per heavy atom. The summed E-state index contributed by atoms with van der Waals surface area (Å²) < 4.78 is 18.3. The van der Waals surface area contributed by atoms with E-state index in [1.54, 1.807) is 12.1 Å². The Hall–Kier alpha value is -0.970. The summed E-state index contributed by atoms with van der Waals surface area (Å²) in [5.41, 5.74) is 7.22. The van der Waals surface area contributed by atoms with Gasteiger partial charge in [0.05, 0.1) is 6.61 Å². The molecule has 2 rings (SSSR count). The zero-order valence-corrected chi connectivity index (χ0v) is 11.0. The Morgan fingerprint density at radius 1 is 1.39 bits per heavy atom. The van der Waals surface area contributed by atoms with Crippen LogP contribution in [0.25, 0.3) is 0 Å². The van der Waals surface area contributed by atoms with Crippen LogP contribution in [-0.4, -0.2) is 37.2 Å². The van der Waals surface area contributed by atoms with Crippen LogP contribution >= 0.6 is 0 Å². The molecule has 1 aromatic carbocycles. The maximum Gasteiger partial charge on any atom is 0.123 e. The minimum Gasteiger partial charge on any atom is -0.380 e. The molecule has 1 aliphatic rings. The van der Waals surface area contributed by atoms with Gasteiger partial charge in [0.2, 0.25) is 0 Å². The quantitative estimate of drug-likeness (QED) is 0.890. The lowest BCUT2D eigenvalue weighted by molar-refractivity contribution is 0.127. The number of ether oxygens (including phenoxy) is 1. The Bertz CT molecular complexity index is 376. The summed E-state index contributed by atoms with van der Waals surface area (Å²) >= 11 is 0. The summed E-state index contributed by atoms with van der Waals surface area (Å²) in [5.74, 6) is -0.226. The molecule has 1 fully saturated rings. The molecule has 1 saturated heterocycles. The predicted molar refractivity (Wildman–Crippen MR) is 69.8 cm³/mol. The first-order valence-corrected chi connectivity index (χ1v) is 6.40. The summed E-state index contributed by atoms with van der Waals surface area (Å²) in [6.45, 7) is 3.71. The molecule has 3 unspecified atom stereocenters. The highest BCUT2D eigenvalue weighted by Gasteiger charge is 2.27. The van der Waals surface area contributed by atoms with Gasteiger partial charge in [-0.2, -0.15) is 0 Å². The fraction of sp³-hybridized carbons (Fsp3) is 0.571. The second-order valence-corrected chi connectivity index (χ2v) is 5.00. The molecule has 0 aromatic heterocycles. The number of halogens is 1. The number of hydrogen-bond donors (Lipinski definition) is 1. The predicted octanol–water partition coefficient (Wildman–Crippen LogP) is 1.93. The van der Waals surface area contributed by atoms with Crippen molar-refractivity contribution in [3.63, 3.8) is 0 Å². The number of hydrogen-bond acceptors (Lipinski definition) is 3. The number of nitrogens with two attached hydrogens (primary N) is 1. The van der Waals surface area contributed by atoms with Gasteiger partial charge in [0, 0.05) is 24.7 Å². The van der Waals surface area contributed by atoms with Gasteiger partial charge in [-0.15, -0.1) is 0 Å². The molecule has 1 heterocycles. The third kappa shape index (κ3) is 2.88. The summed E-state index contributed by atoms with van der Waals surface area (Å²) in [6, 6.07) is 6.96. The lowest BCUT2D eigenvalue weighted by Gasteiger charge is -2.33. The van der Waals surface area contributed by atoms with Gasteiger partial charge in [-0.1, -0.05) is 12.1 Å². The first kappa shape index (κ1) is 13.5. The Kier molecular flexibility index (Phi) is 4.32. The topological polar surface area (TPSA) is 38.5 Å². The van der Waals surface area contributed by atoms with Crippen LogP contribution in [-0.2, 0) is 4.74 Å². The molecule has 3 nitrogen and oxygen atoms in total. The van der Waals surface area contributed by atoms with Crippen molar-refractivity contribution in [2.75, 3.05) is 20.3 Å². The Balaban J connectivity index is 2.02. The zero-order chi connectivity index (χ0) is 13.1. The number of rotatable bonds is 4. The van der Waals surface area contributed by atoms with Crippen LogP contribution < -0.4 is 5.73 Å². The number of nitrogens with zero attached hydrogens (tertiary/aromatic N) is 1. The highest BCUT2D eigenvalue weighted by Crippen LogP contribution is 2.22. The Morgan fingerprint density at radius 2 is 2.06 bits per heavy atom. The lowest BCUT2D eigenvalue weighted by Crippen LogP contribution is -2.44. The zero-order valence-electron chi connectivity index (χ0n) is 11.0. The van der Waals surface area contributed by atoms with Gasteiger partial charge < -0.3 is 10.5 Å². The van der Waals surface area contributed by atoms with Crippen LogP contribution in [0.1, 0.15) is 24.9 Å². The van der Waals surface area contributed by atoms with Gasteiger partial charge in [-0.05, 0) is 38.1 Å². The second kappa shape index (κ2) is 5.78. The van der Waals surface area contributed by atoms with E-state index in [9.17, 15) is 4.39 Å². The molecule has 100 valence electrons. The van der Waals surface area contributed by atoms with Crippen LogP contribution in [0.4, 0.5) is 4.39 Å². The fourth-order valence-corrected chi connectivity index (χ4v) is 2.39. The van der Waals surface area contributed by atoms with E-state index in [-0.39, 0.29) is 17.9 Å². The fourth-order valence-electron chi connectivity index (χ4n) is 2.39. The van der Waals surface area contributed by atoms with Crippen molar-refractivity contribution in [1.82, 2.24) is 4.90 Å². The van der Waals surface area contributed by atoms with Gasteiger partial charge in [0.15, 0.2) is 0 Å². The molecule has 3 atom stereocenters. The smallest absolute Gasteiger partial charge is 0.123 e.